The molecule has 0 radical (unpaired) electrons. The second-order valence-corrected chi connectivity index (χ2v) is 12.6. The first kappa shape index (κ1) is 28.6. The SMILES string of the molecule is CN(C)C(=O)c1nn2c(c1Cl)CN(c1nc(OCC34CCCN3C/C(=C\F)C4)nc3c(F)c(Br)c(Cl)cc13)CCC2. The molecule has 3 aliphatic rings. The van der Waals surface area contributed by atoms with Crippen molar-refractivity contribution in [3.8, 4) is 6.01 Å². The van der Waals surface area contributed by atoms with E-state index in [4.69, 9.17) is 32.9 Å². The van der Waals surface area contributed by atoms with Crippen molar-refractivity contribution < 1.29 is 18.3 Å². The predicted molar refractivity (Wildman–Crippen MR) is 156 cm³/mol. The fraction of sp³-hybridized carbons (Fsp3) is 0.481. The third-order valence-electron chi connectivity index (χ3n) is 8.14. The number of halogens is 5. The minimum Gasteiger partial charge on any atom is -0.461 e. The maximum absolute atomic E-state index is 15.6. The lowest BCUT2D eigenvalue weighted by Crippen LogP contribution is -2.43. The molecular formula is C27H28BrCl2F2N7O2. The van der Waals surface area contributed by atoms with Gasteiger partial charge in [-0.2, -0.15) is 15.1 Å². The highest BCUT2D eigenvalue weighted by Crippen LogP contribution is 2.42. The Kier molecular flexibility index (Phi) is 7.63. The number of rotatable bonds is 5. The molecule has 2 aromatic heterocycles. The highest BCUT2D eigenvalue weighted by atomic mass is 79.9. The molecule has 218 valence electrons. The van der Waals surface area contributed by atoms with E-state index in [1.165, 1.54) is 4.90 Å². The Labute approximate surface area is 254 Å². The average Bonchev–Trinajstić information content (AvgIpc) is 3.54. The Hall–Kier alpha value is -2.54. The van der Waals surface area contributed by atoms with E-state index in [0.717, 1.165) is 25.0 Å². The number of amides is 1. The molecule has 0 aliphatic carbocycles. The maximum Gasteiger partial charge on any atom is 0.319 e. The van der Waals surface area contributed by atoms with Gasteiger partial charge in [0.2, 0.25) is 0 Å². The molecule has 1 atom stereocenters. The fourth-order valence-corrected chi connectivity index (χ4v) is 6.88. The van der Waals surface area contributed by atoms with Gasteiger partial charge in [-0.25, -0.2) is 8.78 Å². The van der Waals surface area contributed by atoms with Crippen molar-refractivity contribution in [1.82, 2.24) is 29.5 Å². The molecule has 1 amide bonds. The lowest BCUT2D eigenvalue weighted by molar-refractivity contribution is 0.0821. The quantitative estimate of drug-likeness (QED) is 0.326. The lowest BCUT2D eigenvalue weighted by atomic mass is 9.94. The van der Waals surface area contributed by atoms with Crippen LogP contribution in [-0.2, 0) is 13.1 Å². The molecule has 0 saturated carbocycles. The lowest BCUT2D eigenvalue weighted by Gasteiger charge is -2.31. The second-order valence-electron chi connectivity index (χ2n) is 11.0. The first-order valence-electron chi connectivity index (χ1n) is 13.3. The van der Waals surface area contributed by atoms with Crippen molar-refractivity contribution in [2.75, 3.05) is 45.2 Å². The van der Waals surface area contributed by atoms with E-state index < -0.39 is 5.82 Å². The molecule has 1 aromatic carbocycles. The summed E-state index contributed by atoms with van der Waals surface area (Å²) in [6, 6.07) is 1.65. The van der Waals surface area contributed by atoms with E-state index >= 15 is 4.39 Å². The van der Waals surface area contributed by atoms with Gasteiger partial charge in [0.1, 0.15) is 17.9 Å². The maximum atomic E-state index is 15.6. The van der Waals surface area contributed by atoms with Gasteiger partial charge in [0.25, 0.3) is 5.91 Å². The van der Waals surface area contributed by atoms with Crippen molar-refractivity contribution in [3.63, 3.8) is 0 Å². The smallest absolute Gasteiger partial charge is 0.319 e. The summed E-state index contributed by atoms with van der Waals surface area (Å²) in [4.78, 5) is 27.5. The number of ether oxygens (including phenoxy) is 1. The summed E-state index contributed by atoms with van der Waals surface area (Å²) in [5.41, 5.74) is 1.30. The van der Waals surface area contributed by atoms with Crippen LogP contribution in [0.3, 0.4) is 0 Å². The first-order valence-corrected chi connectivity index (χ1v) is 14.9. The summed E-state index contributed by atoms with van der Waals surface area (Å²) in [6.45, 7) is 3.06. The van der Waals surface area contributed by atoms with Crippen molar-refractivity contribution >= 4 is 61.8 Å². The van der Waals surface area contributed by atoms with Crippen molar-refractivity contribution in [2.45, 2.75) is 44.3 Å². The van der Waals surface area contributed by atoms with Gasteiger partial charge in [0.15, 0.2) is 11.5 Å². The molecule has 5 heterocycles. The fourth-order valence-electron chi connectivity index (χ4n) is 6.11. The highest BCUT2D eigenvalue weighted by Gasteiger charge is 2.47. The van der Waals surface area contributed by atoms with Gasteiger partial charge in [-0.3, -0.25) is 14.4 Å². The molecule has 41 heavy (non-hydrogen) atoms. The number of aryl methyl sites for hydroxylation is 1. The standard InChI is InChI=1S/C27H28BrCl2F2N7O2/c1-36(2)25(40)23-20(30)18-13-37(6-4-8-39(18)35-23)24-16-9-17(29)19(28)21(32)22(16)33-26(34-24)41-14-27-5-3-7-38(27)12-15(10-27)11-31/h9,11H,3-8,10,12-14H2,1-2H3/b15-11-. The van der Waals surface area contributed by atoms with Crippen molar-refractivity contribution in [1.29, 1.82) is 0 Å². The molecule has 6 rings (SSSR count). The topological polar surface area (TPSA) is 79.6 Å². The number of carbonyl (C=O) groups excluding carboxylic acids is 1. The molecule has 2 fully saturated rings. The number of fused-ring (bicyclic) bond motifs is 3. The molecular weight excluding hydrogens is 643 g/mol. The summed E-state index contributed by atoms with van der Waals surface area (Å²) in [6.07, 6.45) is 3.79. The minimum absolute atomic E-state index is 0.0202. The van der Waals surface area contributed by atoms with Gasteiger partial charge in [0, 0.05) is 39.1 Å². The van der Waals surface area contributed by atoms with Crippen LogP contribution in [-0.4, -0.2) is 81.3 Å². The molecule has 3 aromatic rings. The Morgan fingerprint density at radius 1 is 1.22 bits per heavy atom. The van der Waals surface area contributed by atoms with Crippen LogP contribution in [0, 0.1) is 5.82 Å². The zero-order valence-corrected chi connectivity index (χ0v) is 25.7. The molecule has 0 spiro atoms. The van der Waals surface area contributed by atoms with Crippen LogP contribution >= 0.6 is 39.1 Å². The zero-order chi connectivity index (χ0) is 29.1. The van der Waals surface area contributed by atoms with Crippen molar-refractivity contribution in [3.05, 3.63) is 49.7 Å². The normalized spacial score (nSPS) is 21.8. The van der Waals surface area contributed by atoms with Gasteiger partial charge < -0.3 is 14.5 Å². The molecule has 0 bridgehead atoms. The third-order valence-corrected chi connectivity index (χ3v) is 9.84. The summed E-state index contributed by atoms with van der Waals surface area (Å²) in [5, 5.41) is 5.36. The van der Waals surface area contributed by atoms with Crippen LogP contribution in [0.1, 0.15) is 41.9 Å². The third kappa shape index (κ3) is 4.96. The van der Waals surface area contributed by atoms with Gasteiger partial charge in [-0.05, 0) is 59.8 Å². The van der Waals surface area contributed by atoms with Gasteiger partial charge in [-0.15, -0.1) is 0 Å². The van der Waals surface area contributed by atoms with E-state index in [9.17, 15) is 9.18 Å². The number of anilines is 1. The van der Waals surface area contributed by atoms with Crippen LogP contribution < -0.4 is 9.64 Å². The van der Waals surface area contributed by atoms with Crippen molar-refractivity contribution in [2.24, 2.45) is 0 Å². The molecule has 2 saturated heterocycles. The number of hydrogen-bond acceptors (Lipinski definition) is 7. The Morgan fingerprint density at radius 2 is 2.02 bits per heavy atom. The van der Waals surface area contributed by atoms with Gasteiger partial charge >= 0.3 is 6.01 Å². The monoisotopic (exact) mass is 669 g/mol. The van der Waals surface area contributed by atoms with Crippen LogP contribution in [0.5, 0.6) is 6.01 Å². The van der Waals surface area contributed by atoms with Crippen LogP contribution in [0.4, 0.5) is 14.6 Å². The average molecular weight is 671 g/mol. The second kappa shape index (κ2) is 10.9. The zero-order valence-electron chi connectivity index (χ0n) is 22.6. The molecule has 3 aliphatic heterocycles. The summed E-state index contributed by atoms with van der Waals surface area (Å²) < 4.78 is 37.0. The molecule has 1 unspecified atom stereocenters. The number of carbonyl (C=O) groups is 1. The Morgan fingerprint density at radius 3 is 2.78 bits per heavy atom. The van der Waals surface area contributed by atoms with E-state index in [1.807, 2.05) is 4.90 Å². The minimum atomic E-state index is -0.623. The largest absolute Gasteiger partial charge is 0.461 e. The summed E-state index contributed by atoms with van der Waals surface area (Å²) >= 11 is 16.3. The Balaban J connectivity index is 1.39. The predicted octanol–water partition coefficient (Wildman–Crippen LogP) is 5.62. The van der Waals surface area contributed by atoms with Gasteiger partial charge in [0.05, 0.1) is 38.6 Å². The molecule has 9 nitrogen and oxygen atoms in total. The number of benzene rings is 1. The molecule has 0 N–H and O–H groups in total. The van der Waals surface area contributed by atoms with E-state index in [1.54, 1.807) is 24.8 Å². The Bertz CT molecular complexity index is 1580. The number of aromatic nitrogens is 4. The van der Waals surface area contributed by atoms with Gasteiger partial charge in [-0.1, -0.05) is 23.2 Å². The van der Waals surface area contributed by atoms with E-state index in [-0.39, 0.29) is 56.3 Å². The summed E-state index contributed by atoms with van der Waals surface area (Å²) in [7, 11) is 3.29. The number of hydrogen-bond donors (Lipinski definition) is 0. The van der Waals surface area contributed by atoms with Crippen LogP contribution in [0.15, 0.2) is 22.4 Å². The molecule has 14 heteroatoms. The van der Waals surface area contributed by atoms with Crippen LogP contribution in [0.2, 0.25) is 10.0 Å². The van der Waals surface area contributed by atoms with Crippen LogP contribution in [0.25, 0.3) is 10.9 Å². The number of nitrogens with zero attached hydrogens (tertiary/aromatic N) is 7. The van der Waals surface area contributed by atoms with E-state index in [0.29, 0.717) is 55.7 Å². The first-order chi connectivity index (χ1) is 19.6. The summed E-state index contributed by atoms with van der Waals surface area (Å²) in [5.74, 6) is -0.481. The highest BCUT2D eigenvalue weighted by molar-refractivity contribution is 9.10. The van der Waals surface area contributed by atoms with E-state index in [2.05, 4.69) is 30.9 Å².